The van der Waals surface area contributed by atoms with Gasteiger partial charge in [-0.2, -0.15) is 4.98 Å². The van der Waals surface area contributed by atoms with Crippen molar-refractivity contribution in [1.82, 2.24) is 29.9 Å². The van der Waals surface area contributed by atoms with Gasteiger partial charge in [-0.15, -0.1) is 5.10 Å². The van der Waals surface area contributed by atoms with Gasteiger partial charge in [0.2, 0.25) is 5.95 Å². The van der Waals surface area contributed by atoms with E-state index in [4.69, 9.17) is 0 Å². The fraction of sp³-hybridized carbons (Fsp3) is 0.105. The van der Waals surface area contributed by atoms with Gasteiger partial charge in [-0.1, -0.05) is 17.4 Å². The highest BCUT2D eigenvalue weighted by Crippen LogP contribution is 2.32. The summed E-state index contributed by atoms with van der Waals surface area (Å²) in [6.45, 7) is 0.704. The summed E-state index contributed by atoms with van der Waals surface area (Å²) in [7, 11) is 1.89. The van der Waals surface area contributed by atoms with E-state index in [0.29, 0.717) is 12.5 Å². The van der Waals surface area contributed by atoms with E-state index < -0.39 is 0 Å². The van der Waals surface area contributed by atoms with Gasteiger partial charge in [0.05, 0.1) is 5.52 Å². The molecule has 27 heavy (non-hydrogen) atoms. The van der Waals surface area contributed by atoms with Crippen molar-refractivity contribution in [3.05, 3.63) is 66.1 Å². The maximum atomic E-state index is 4.63. The third-order valence-corrected chi connectivity index (χ3v) is 4.51. The Morgan fingerprint density at radius 2 is 2.04 bits per heavy atom. The van der Waals surface area contributed by atoms with Crippen LogP contribution in [0.5, 0.6) is 0 Å². The maximum absolute atomic E-state index is 4.63. The first kappa shape index (κ1) is 15.4. The minimum atomic E-state index is 0.542. The standard InChI is InChI=1S/C19H16N8/c1-27-17-10-12(2-3-16(17)25-26-27)14-6-9-21-18-15(14)11-22-19(24-18)23-13-4-7-20-8-5-13/h2-8,10-11H,9H2,1H3,(H2,20,21,22,23,24). The molecule has 0 saturated carbocycles. The highest BCUT2D eigenvalue weighted by molar-refractivity contribution is 5.90. The van der Waals surface area contributed by atoms with Crippen molar-refractivity contribution in [3.8, 4) is 0 Å². The normalized spacial score (nSPS) is 13.0. The summed E-state index contributed by atoms with van der Waals surface area (Å²) in [6.07, 6.45) is 7.44. The van der Waals surface area contributed by atoms with E-state index in [1.807, 2.05) is 31.4 Å². The van der Waals surface area contributed by atoms with Crippen LogP contribution >= 0.6 is 0 Å². The smallest absolute Gasteiger partial charge is 0.229 e. The molecule has 0 saturated heterocycles. The van der Waals surface area contributed by atoms with Crippen molar-refractivity contribution < 1.29 is 0 Å². The van der Waals surface area contributed by atoms with Gasteiger partial charge < -0.3 is 10.6 Å². The highest BCUT2D eigenvalue weighted by atomic mass is 15.4. The van der Waals surface area contributed by atoms with Gasteiger partial charge in [0.1, 0.15) is 11.3 Å². The molecule has 0 bridgehead atoms. The van der Waals surface area contributed by atoms with Gasteiger partial charge >= 0.3 is 0 Å². The number of pyridine rings is 1. The van der Waals surface area contributed by atoms with Gasteiger partial charge in [-0.05, 0) is 35.4 Å². The Kier molecular flexibility index (Phi) is 3.53. The van der Waals surface area contributed by atoms with Crippen LogP contribution in [0.15, 0.2) is 55.0 Å². The second-order valence-corrected chi connectivity index (χ2v) is 6.23. The van der Waals surface area contributed by atoms with Crippen LogP contribution in [0.3, 0.4) is 0 Å². The van der Waals surface area contributed by atoms with E-state index >= 15 is 0 Å². The van der Waals surface area contributed by atoms with Crippen LogP contribution in [0, 0.1) is 0 Å². The Morgan fingerprint density at radius 3 is 2.93 bits per heavy atom. The Labute approximate surface area is 155 Å². The number of aryl methyl sites for hydroxylation is 1. The van der Waals surface area contributed by atoms with Crippen LogP contribution in [-0.4, -0.2) is 36.5 Å². The molecule has 3 aromatic heterocycles. The molecule has 0 atom stereocenters. The summed E-state index contributed by atoms with van der Waals surface area (Å²) in [6, 6.07) is 9.89. The third-order valence-electron chi connectivity index (χ3n) is 4.51. The molecule has 0 amide bonds. The lowest BCUT2D eigenvalue weighted by Gasteiger charge is -2.19. The largest absolute Gasteiger partial charge is 0.366 e. The van der Waals surface area contributed by atoms with E-state index in [9.17, 15) is 0 Å². The van der Waals surface area contributed by atoms with Crippen LogP contribution in [0.4, 0.5) is 17.5 Å². The minimum absolute atomic E-state index is 0.542. The summed E-state index contributed by atoms with van der Waals surface area (Å²) >= 11 is 0. The molecule has 5 rings (SSSR count). The van der Waals surface area contributed by atoms with Gasteiger partial charge in [0, 0.05) is 43.4 Å². The average molecular weight is 356 g/mol. The second kappa shape index (κ2) is 6.17. The third kappa shape index (κ3) is 2.77. The molecule has 1 aliphatic rings. The molecule has 0 spiro atoms. The number of anilines is 3. The summed E-state index contributed by atoms with van der Waals surface area (Å²) in [5.74, 6) is 1.35. The molecule has 4 aromatic rings. The maximum Gasteiger partial charge on any atom is 0.229 e. The van der Waals surface area contributed by atoms with E-state index in [2.05, 4.69) is 54.1 Å². The fourth-order valence-corrected chi connectivity index (χ4v) is 3.17. The van der Waals surface area contributed by atoms with Gasteiger partial charge in [0.25, 0.3) is 0 Å². The first-order chi connectivity index (χ1) is 13.3. The van der Waals surface area contributed by atoms with Gasteiger partial charge in [-0.3, -0.25) is 4.98 Å². The number of rotatable bonds is 3. The first-order valence-corrected chi connectivity index (χ1v) is 8.56. The van der Waals surface area contributed by atoms with Crippen molar-refractivity contribution in [2.75, 3.05) is 17.2 Å². The van der Waals surface area contributed by atoms with Crippen molar-refractivity contribution in [2.45, 2.75) is 0 Å². The topological polar surface area (TPSA) is 93.4 Å². The van der Waals surface area contributed by atoms with E-state index in [1.165, 1.54) is 0 Å². The molecule has 0 fully saturated rings. The number of nitrogens with one attached hydrogen (secondary N) is 2. The Balaban J connectivity index is 1.51. The molecular formula is C19H16N8. The second-order valence-electron chi connectivity index (χ2n) is 6.23. The molecule has 0 unspecified atom stereocenters. The van der Waals surface area contributed by atoms with Crippen LogP contribution in [0.1, 0.15) is 11.1 Å². The van der Waals surface area contributed by atoms with E-state index in [1.54, 1.807) is 17.1 Å². The van der Waals surface area contributed by atoms with Crippen molar-refractivity contribution in [3.63, 3.8) is 0 Å². The minimum Gasteiger partial charge on any atom is -0.366 e. The van der Waals surface area contributed by atoms with Gasteiger partial charge in [0.15, 0.2) is 0 Å². The lowest BCUT2D eigenvalue weighted by atomic mass is 9.96. The number of benzene rings is 1. The van der Waals surface area contributed by atoms with Crippen molar-refractivity contribution in [2.24, 2.45) is 7.05 Å². The summed E-state index contributed by atoms with van der Waals surface area (Å²) in [5.41, 5.74) is 5.92. The fourth-order valence-electron chi connectivity index (χ4n) is 3.17. The molecule has 8 heteroatoms. The molecule has 2 N–H and O–H groups in total. The summed E-state index contributed by atoms with van der Waals surface area (Å²) in [4.78, 5) is 13.1. The lowest BCUT2D eigenvalue weighted by molar-refractivity contribution is 0.736. The Morgan fingerprint density at radius 1 is 1.15 bits per heavy atom. The monoisotopic (exact) mass is 356 g/mol. The quantitative estimate of drug-likeness (QED) is 0.583. The lowest BCUT2D eigenvalue weighted by Crippen LogP contribution is -2.12. The SMILES string of the molecule is Cn1nnc2ccc(C3=CCNc4nc(Nc5ccncc5)ncc43)cc21. The first-order valence-electron chi connectivity index (χ1n) is 8.56. The van der Waals surface area contributed by atoms with E-state index in [0.717, 1.165) is 39.2 Å². The van der Waals surface area contributed by atoms with Crippen LogP contribution in [-0.2, 0) is 7.05 Å². The van der Waals surface area contributed by atoms with Gasteiger partial charge in [-0.25, -0.2) is 9.67 Å². The molecule has 8 nitrogen and oxygen atoms in total. The van der Waals surface area contributed by atoms with E-state index in [-0.39, 0.29) is 0 Å². The predicted octanol–water partition coefficient (Wildman–Crippen LogP) is 2.75. The van der Waals surface area contributed by atoms with Crippen LogP contribution < -0.4 is 10.6 Å². The number of fused-ring (bicyclic) bond motifs is 2. The zero-order valence-corrected chi connectivity index (χ0v) is 14.6. The molecule has 4 heterocycles. The Bertz CT molecular complexity index is 1160. The summed E-state index contributed by atoms with van der Waals surface area (Å²) < 4.78 is 1.78. The molecular weight excluding hydrogens is 340 g/mol. The van der Waals surface area contributed by atoms with Crippen LogP contribution in [0.25, 0.3) is 16.6 Å². The average Bonchev–Trinajstić information content (AvgIpc) is 3.08. The van der Waals surface area contributed by atoms with Crippen molar-refractivity contribution in [1.29, 1.82) is 0 Å². The summed E-state index contributed by atoms with van der Waals surface area (Å²) in [5, 5.41) is 14.7. The number of nitrogens with zero attached hydrogens (tertiary/aromatic N) is 6. The molecule has 0 aliphatic carbocycles. The predicted molar refractivity (Wildman–Crippen MR) is 104 cm³/mol. The molecule has 0 radical (unpaired) electrons. The number of hydrogen-bond donors (Lipinski definition) is 2. The molecule has 1 aromatic carbocycles. The Hall–Kier alpha value is -3.81. The molecule has 132 valence electrons. The van der Waals surface area contributed by atoms with Crippen molar-refractivity contribution >= 4 is 34.1 Å². The molecule has 1 aliphatic heterocycles. The highest BCUT2D eigenvalue weighted by Gasteiger charge is 2.17. The number of hydrogen-bond acceptors (Lipinski definition) is 7. The number of aromatic nitrogens is 6. The zero-order valence-electron chi connectivity index (χ0n) is 14.6. The zero-order chi connectivity index (χ0) is 18.2. The van der Waals surface area contributed by atoms with Crippen LogP contribution in [0.2, 0.25) is 0 Å².